The van der Waals surface area contributed by atoms with E-state index in [0.29, 0.717) is 26.1 Å². The van der Waals surface area contributed by atoms with Crippen molar-refractivity contribution < 1.29 is 52.1 Å². The van der Waals surface area contributed by atoms with Crippen LogP contribution in [0.15, 0.2) is 0 Å². The second kappa shape index (κ2) is 22.9. The van der Waals surface area contributed by atoms with Gasteiger partial charge in [0.1, 0.15) is 27.4 Å². The zero-order valence-corrected chi connectivity index (χ0v) is 23.6. The third-order valence-electron chi connectivity index (χ3n) is 4.68. The van der Waals surface area contributed by atoms with E-state index < -0.39 is 19.5 Å². The van der Waals surface area contributed by atoms with Crippen LogP contribution in [0.4, 0.5) is 0 Å². The van der Waals surface area contributed by atoms with Crippen LogP contribution in [0.1, 0.15) is 39.5 Å². The quantitative estimate of drug-likeness (QED) is 0.0862. The van der Waals surface area contributed by atoms with Gasteiger partial charge in [0.15, 0.2) is 0 Å². The lowest BCUT2D eigenvalue weighted by atomic mass is 10.2. The van der Waals surface area contributed by atoms with Crippen molar-refractivity contribution in [2.45, 2.75) is 39.5 Å². The second-order valence-corrected chi connectivity index (χ2v) is 10.2. The first-order valence-electron chi connectivity index (χ1n) is 12.6. The molecule has 222 valence electrons. The van der Waals surface area contributed by atoms with E-state index in [9.17, 15) is 28.6 Å². The number of hydrogen-bond acceptors (Lipinski definition) is 12. The zero-order chi connectivity index (χ0) is 28.7. The number of amides is 2. The molecule has 0 aromatic rings. The van der Waals surface area contributed by atoms with E-state index in [0.717, 1.165) is 25.9 Å². The average Bonchev–Trinajstić information content (AvgIpc) is 2.81. The number of carbonyl (C=O) groups is 4. The van der Waals surface area contributed by atoms with E-state index in [4.69, 9.17) is 23.5 Å². The van der Waals surface area contributed by atoms with E-state index in [-0.39, 0.29) is 71.1 Å². The van der Waals surface area contributed by atoms with Gasteiger partial charge >= 0.3 is 11.9 Å². The molecule has 0 aromatic heterocycles. The molecule has 0 aliphatic rings. The molecule has 0 rings (SSSR count). The van der Waals surface area contributed by atoms with E-state index in [2.05, 4.69) is 10.6 Å². The Morgan fingerprint density at radius 2 is 1.45 bits per heavy atom. The molecule has 1 atom stereocenters. The molecule has 0 saturated carbocycles. The molecule has 15 heteroatoms. The fourth-order valence-corrected chi connectivity index (χ4v) is 3.35. The monoisotopic (exact) mass is 568 g/mol. The Kier molecular flexibility index (Phi) is 21.6. The number of nitrogens with one attached hydrogen (secondary N) is 2. The van der Waals surface area contributed by atoms with Crippen molar-refractivity contribution in [1.82, 2.24) is 15.5 Å². The summed E-state index contributed by atoms with van der Waals surface area (Å²) in [6.07, 6.45) is 2.95. The van der Waals surface area contributed by atoms with E-state index in [1.54, 1.807) is 4.90 Å². The lowest BCUT2D eigenvalue weighted by Gasteiger charge is -2.21. The van der Waals surface area contributed by atoms with Gasteiger partial charge in [-0.2, -0.15) is 0 Å². The molecule has 0 fully saturated rings. The maximum absolute atomic E-state index is 12.3. The van der Waals surface area contributed by atoms with Gasteiger partial charge in [0.25, 0.3) is 0 Å². The smallest absolute Gasteiger partial charge is 0.332 e. The van der Waals surface area contributed by atoms with Crippen LogP contribution in [-0.2, 0) is 47.2 Å². The Balaban J connectivity index is 4.07. The van der Waals surface area contributed by atoms with Crippen molar-refractivity contribution in [3.05, 3.63) is 0 Å². The number of ether oxygens (including phenoxy) is 4. The van der Waals surface area contributed by atoms with Gasteiger partial charge in [0, 0.05) is 46.7 Å². The van der Waals surface area contributed by atoms with Crippen molar-refractivity contribution in [2.75, 3.05) is 85.6 Å². The Hall–Kier alpha value is -2.09. The summed E-state index contributed by atoms with van der Waals surface area (Å²) < 4.78 is 36.1. The Bertz CT molecular complexity index is 733. The van der Waals surface area contributed by atoms with Crippen LogP contribution in [0.3, 0.4) is 0 Å². The third kappa shape index (κ3) is 27.0. The minimum absolute atomic E-state index is 0.0267. The first-order chi connectivity index (χ1) is 18.0. The average molecular weight is 569 g/mol. The number of nitrogens with zero attached hydrogens (tertiary/aromatic N) is 1. The van der Waals surface area contributed by atoms with Gasteiger partial charge in [0.05, 0.1) is 33.0 Å². The summed E-state index contributed by atoms with van der Waals surface area (Å²) in [6.45, 7) is 6.03. The van der Waals surface area contributed by atoms with Gasteiger partial charge in [0.2, 0.25) is 11.8 Å². The van der Waals surface area contributed by atoms with Gasteiger partial charge in [-0.25, -0.2) is 4.79 Å². The lowest BCUT2D eigenvalue weighted by molar-refractivity contribution is -0.196. The van der Waals surface area contributed by atoms with Crippen LogP contribution in [0.5, 0.6) is 0 Å². The van der Waals surface area contributed by atoms with Crippen LogP contribution >= 0.6 is 7.60 Å². The second-order valence-electron chi connectivity index (χ2n) is 8.35. The highest BCUT2D eigenvalue weighted by molar-refractivity contribution is 7.50. The maximum Gasteiger partial charge on any atom is 0.332 e. The van der Waals surface area contributed by atoms with E-state index >= 15 is 0 Å². The molecule has 14 nitrogen and oxygen atoms in total. The Morgan fingerprint density at radius 3 is 2.11 bits per heavy atom. The van der Waals surface area contributed by atoms with Crippen LogP contribution in [0.2, 0.25) is 0 Å². The molecule has 0 bridgehead atoms. The van der Waals surface area contributed by atoms with Crippen molar-refractivity contribution in [1.29, 1.82) is 0 Å². The minimum atomic E-state index is -3.68. The Labute approximate surface area is 224 Å². The first-order valence-corrected chi connectivity index (χ1v) is 14.6. The third-order valence-corrected chi connectivity index (χ3v) is 5.33. The van der Waals surface area contributed by atoms with Crippen LogP contribution < -0.4 is 15.5 Å². The van der Waals surface area contributed by atoms with E-state index in [1.165, 1.54) is 13.8 Å². The predicted molar refractivity (Wildman–Crippen MR) is 135 cm³/mol. The summed E-state index contributed by atoms with van der Waals surface area (Å²) in [5, 5.41) is 5.40. The van der Waals surface area contributed by atoms with Crippen molar-refractivity contribution in [2.24, 2.45) is 0 Å². The normalized spacial score (nSPS) is 12.6. The highest BCUT2D eigenvalue weighted by atomic mass is 31.2. The first kappa shape index (κ1) is 35.9. The van der Waals surface area contributed by atoms with Crippen molar-refractivity contribution in [3.63, 3.8) is 0 Å². The van der Waals surface area contributed by atoms with Crippen molar-refractivity contribution >= 4 is 31.3 Å². The molecule has 2 N–H and O–H groups in total. The summed E-state index contributed by atoms with van der Waals surface area (Å²) in [5.74, 6) is -1.35. The molecule has 0 aromatic carbocycles. The molecule has 0 spiro atoms. The minimum Gasteiger partial charge on any atom is -0.779 e. The molecule has 0 aliphatic heterocycles. The maximum atomic E-state index is 12.3. The Morgan fingerprint density at radius 1 is 0.789 bits per heavy atom. The van der Waals surface area contributed by atoms with Gasteiger partial charge in [-0.05, 0) is 12.8 Å². The highest BCUT2D eigenvalue weighted by Gasteiger charge is 2.13. The summed E-state index contributed by atoms with van der Waals surface area (Å²) in [6, 6.07) is 0. The number of carbonyl (C=O) groups excluding carboxylic acids is 4. The largest absolute Gasteiger partial charge is 0.779 e. The zero-order valence-electron chi connectivity index (χ0n) is 22.7. The molecule has 2 amide bonds. The summed E-state index contributed by atoms with van der Waals surface area (Å²) in [4.78, 5) is 58.5. The van der Waals surface area contributed by atoms with Gasteiger partial charge in [-0.15, -0.1) is 0 Å². The molecule has 0 aliphatic carbocycles. The van der Waals surface area contributed by atoms with Crippen LogP contribution in [-0.4, -0.2) is 114 Å². The highest BCUT2D eigenvalue weighted by Crippen LogP contribution is 2.31. The van der Waals surface area contributed by atoms with E-state index in [1.807, 2.05) is 0 Å². The molecular weight excluding hydrogens is 525 g/mol. The predicted octanol–water partition coefficient (Wildman–Crippen LogP) is -0.560. The standard InChI is InChI=1S/C23H44N3O11P/c1-20(27)24-9-13-33-16-17-34-19-23(30)36-15-11-26(10-14-35-21(2)28)18-22(29)25-8-6-4-5-7-12-37-38(3,31)32/h4-19H2,1-3H3,(H,24,27)(H,25,29)(H,31,32)/p-1. The fourth-order valence-electron chi connectivity index (χ4n) is 2.89. The summed E-state index contributed by atoms with van der Waals surface area (Å²) >= 11 is 0. The van der Waals surface area contributed by atoms with Crippen molar-refractivity contribution in [3.8, 4) is 0 Å². The molecule has 0 heterocycles. The number of hydrogen-bond donors (Lipinski definition) is 2. The van der Waals surface area contributed by atoms with Gasteiger partial charge in [-0.1, -0.05) is 12.8 Å². The van der Waals surface area contributed by atoms with Crippen LogP contribution in [0.25, 0.3) is 0 Å². The SMILES string of the molecule is CC(=O)NCCOCCOCC(=O)OCCN(CCOC(C)=O)CC(=O)NCCCCCCOP(C)(=O)[O-]. The molecular formula is C23H43N3O11P-. The topological polar surface area (TPSA) is 182 Å². The lowest BCUT2D eigenvalue weighted by Crippen LogP contribution is -2.41. The van der Waals surface area contributed by atoms with Gasteiger partial charge < -0.3 is 43.6 Å². The number of rotatable bonds is 24. The number of unbranched alkanes of at least 4 members (excludes halogenated alkanes) is 3. The van der Waals surface area contributed by atoms with Crippen LogP contribution in [0, 0.1) is 0 Å². The molecule has 0 radical (unpaired) electrons. The molecule has 38 heavy (non-hydrogen) atoms. The summed E-state index contributed by atoms with van der Waals surface area (Å²) in [7, 11) is -3.68. The molecule has 1 unspecified atom stereocenters. The fraction of sp³-hybridized carbons (Fsp3) is 0.826. The number of esters is 2. The molecule has 0 saturated heterocycles. The van der Waals surface area contributed by atoms with Gasteiger partial charge in [-0.3, -0.25) is 19.3 Å². The summed E-state index contributed by atoms with van der Waals surface area (Å²) in [5.41, 5.74) is 0.